The Kier molecular flexibility index (Phi) is 3.73. The zero-order chi connectivity index (χ0) is 16.6. The Labute approximate surface area is 134 Å². The Morgan fingerprint density at radius 3 is 2.39 bits per heavy atom. The van der Waals surface area contributed by atoms with Crippen molar-refractivity contribution in [1.82, 2.24) is 20.4 Å². The molecule has 2 aromatic heterocycles. The predicted octanol–water partition coefficient (Wildman–Crippen LogP) is 2.95. The standard InChI is InChI=1S/C17H19N5O/c1-9-5-10(2)13-8-15(20-14(13)6-9)16(23)21-22-17-18-11(3)7-12(4)19-17/h5-8,20H,1-4H3,(H,21,23)(H,18,19,22). The number of nitrogens with one attached hydrogen (secondary N) is 3. The molecule has 1 aromatic carbocycles. The summed E-state index contributed by atoms with van der Waals surface area (Å²) in [6, 6.07) is 7.85. The van der Waals surface area contributed by atoms with Gasteiger partial charge in [-0.15, -0.1) is 0 Å². The normalized spacial score (nSPS) is 10.8. The maximum Gasteiger partial charge on any atom is 0.286 e. The number of hydrogen-bond donors (Lipinski definition) is 3. The summed E-state index contributed by atoms with van der Waals surface area (Å²) in [7, 11) is 0. The molecule has 2 heterocycles. The number of amides is 1. The Morgan fingerprint density at radius 1 is 1.00 bits per heavy atom. The van der Waals surface area contributed by atoms with E-state index in [1.165, 1.54) is 0 Å². The van der Waals surface area contributed by atoms with E-state index in [1.54, 1.807) is 0 Å². The number of benzene rings is 1. The van der Waals surface area contributed by atoms with Crippen LogP contribution in [0.15, 0.2) is 24.3 Å². The number of hydrogen-bond acceptors (Lipinski definition) is 4. The van der Waals surface area contributed by atoms with Crippen LogP contribution in [0.2, 0.25) is 0 Å². The van der Waals surface area contributed by atoms with E-state index >= 15 is 0 Å². The number of H-pyrrole nitrogens is 1. The zero-order valence-corrected chi connectivity index (χ0v) is 13.6. The minimum atomic E-state index is -0.263. The summed E-state index contributed by atoms with van der Waals surface area (Å²) in [6.07, 6.45) is 0. The molecule has 3 N–H and O–H groups in total. The van der Waals surface area contributed by atoms with Crippen molar-refractivity contribution < 1.29 is 4.79 Å². The quantitative estimate of drug-likeness (QED) is 0.650. The van der Waals surface area contributed by atoms with Gasteiger partial charge in [-0.2, -0.15) is 0 Å². The van der Waals surface area contributed by atoms with Gasteiger partial charge in [-0.3, -0.25) is 15.6 Å². The summed E-state index contributed by atoms with van der Waals surface area (Å²) < 4.78 is 0. The first kappa shape index (κ1) is 15.0. The fourth-order valence-electron chi connectivity index (χ4n) is 2.68. The van der Waals surface area contributed by atoms with Gasteiger partial charge in [0.25, 0.3) is 5.91 Å². The third kappa shape index (κ3) is 3.15. The van der Waals surface area contributed by atoms with E-state index in [2.05, 4.69) is 31.9 Å². The first-order valence-corrected chi connectivity index (χ1v) is 7.41. The van der Waals surface area contributed by atoms with Gasteiger partial charge in [0.1, 0.15) is 5.69 Å². The average molecular weight is 309 g/mol. The third-order valence-electron chi connectivity index (χ3n) is 3.60. The number of carbonyl (C=O) groups excluding carboxylic acids is 1. The third-order valence-corrected chi connectivity index (χ3v) is 3.60. The number of fused-ring (bicyclic) bond motifs is 1. The highest BCUT2D eigenvalue weighted by Crippen LogP contribution is 2.21. The van der Waals surface area contributed by atoms with Gasteiger partial charge in [-0.05, 0) is 57.0 Å². The summed E-state index contributed by atoms with van der Waals surface area (Å²) in [5.74, 6) is 0.111. The maximum absolute atomic E-state index is 12.3. The maximum atomic E-state index is 12.3. The second kappa shape index (κ2) is 5.72. The number of aromatic nitrogens is 3. The first-order valence-electron chi connectivity index (χ1n) is 7.41. The minimum Gasteiger partial charge on any atom is -0.350 e. The van der Waals surface area contributed by atoms with Crippen LogP contribution in [0.25, 0.3) is 10.9 Å². The number of rotatable bonds is 3. The van der Waals surface area contributed by atoms with Crippen LogP contribution < -0.4 is 10.9 Å². The number of aryl methyl sites for hydroxylation is 4. The van der Waals surface area contributed by atoms with Crippen LogP contribution in [0.1, 0.15) is 33.0 Å². The van der Waals surface area contributed by atoms with Crippen molar-refractivity contribution in [3.63, 3.8) is 0 Å². The number of nitrogens with zero attached hydrogens (tertiary/aromatic N) is 2. The molecule has 0 saturated heterocycles. The van der Waals surface area contributed by atoms with Crippen molar-refractivity contribution in [2.75, 3.05) is 5.43 Å². The molecular formula is C17H19N5O. The molecule has 0 bridgehead atoms. The molecule has 23 heavy (non-hydrogen) atoms. The summed E-state index contributed by atoms with van der Waals surface area (Å²) in [6.45, 7) is 7.83. The molecule has 0 fully saturated rings. The SMILES string of the molecule is Cc1cc(C)c2cc(C(=O)NNc3nc(C)cc(C)n3)[nH]c2c1. The predicted molar refractivity (Wildman–Crippen MR) is 90.4 cm³/mol. The molecule has 0 spiro atoms. The Balaban J connectivity index is 1.79. The van der Waals surface area contributed by atoms with Gasteiger partial charge >= 0.3 is 0 Å². The van der Waals surface area contributed by atoms with Crippen LogP contribution in [0.3, 0.4) is 0 Å². The van der Waals surface area contributed by atoms with Crippen molar-refractivity contribution in [3.05, 3.63) is 52.5 Å². The van der Waals surface area contributed by atoms with E-state index in [0.717, 1.165) is 33.4 Å². The van der Waals surface area contributed by atoms with Gasteiger partial charge in [-0.1, -0.05) is 6.07 Å². The second-order valence-electron chi connectivity index (χ2n) is 5.78. The Morgan fingerprint density at radius 2 is 1.70 bits per heavy atom. The summed E-state index contributed by atoms with van der Waals surface area (Å²) in [5.41, 5.74) is 10.8. The van der Waals surface area contributed by atoms with E-state index in [0.29, 0.717) is 11.6 Å². The Hall–Kier alpha value is -2.89. The molecule has 1 amide bonds. The van der Waals surface area contributed by atoms with Crippen LogP contribution in [-0.4, -0.2) is 20.9 Å². The molecule has 0 atom stereocenters. The molecule has 3 rings (SSSR count). The molecule has 0 aliphatic heterocycles. The number of hydrazine groups is 1. The molecule has 6 nitrogen and oxygen atoms in total. The van der Waals surface area contributed by atoms with Crippen molar-refractivity contribution in [2.45, 2.75) is 27.7 Å². The van der Waals surface area contributed by atoms with E-state index in [9.17, 15) is 4.79 Å². The highest BCUT2D eigenvalue weighted by molar-refractivity contribution is 5.99. The van der Waals surface area contributed by atoms with E-state index in [4.69, 9.17) is 0 Å². The van der Waals surface area contributed by atoms with Crippen molar-refractivity contribution in [1.29, 1.82) is 0 Å². The van der Waals surface area contributed by atoms with E-state index < -0.39 is 0 Å². The van der Waals surface area contributed by atoms with Crippen LogP contribution in [-0.2, 0) is 0 Å². The van der Waals surface area contributed by atoms with Crippen molar-refractivity contribution in [2.24, 2.45) is 0 Å². The molecule has 0 unspecified atom stereocenters. The molecule has 0 radical (unpaired) electrons. The lowest BCUT2D eigenvalue weighted by Gasteiger charge is -2.07. The van der Waals surface area contributed by atoms with Crippen molar-refractivity contribution in [3.8, 4) is 0 Å². The molecule has 6 heteroatoms. The number of aromatic amines is 1. The topological polar surface area (TPSA) is 82.7 Å². The monoisotopic (exact) mass is 309 g/mol. The van der Waals surface area contributed by atoms with E-state index in [1.807, 2.05) is 45.9 Å². The molecule has 3 aromatic rings. The minimum absolute atomic E-state index is 0.263. The van der Waals surface area contributed by atoms with Crippen LogP contribution in [0.4, 0.5) is 5.95 Å². The van der Waals surface area contributed by atoms with Crippen LogP contribution >= 0.6 is 0 Å². The first-order chi connectivity index (χ1) is 10.9. The van der Waals surface area contributed by atoms with Crippen molar-refractivity contribution >= 4 is 22.8 Å². The highest BCUT2D eigenvalue weighted by atomic mass is 16.2. The van der Waals surface area contributed by atoms with Gasteiger partial charge in [0.05, 0.1) is 0 Å². The van der Waals surface area contributed by atoms with Crippen LogP contribution in [0.5, 0.6) is 0 Å². The molecule has 0 saturated carbocycles. The van der Waals surface area contributed by atoms with Gasteiger partial charge < -0.3 is 4.98 Å². The molecule has 0 aliphatic rings. The molecule has 118 valence electrons. The lowest BCUT2D eigenvalue weighted by atomic mass is 10.1. The van der Waals surface area contributed by atoms with Gasteiger partial charge in [0.2, 0.25) is 5.95 Å². The van der Waals surface area contributed by atoms with Crippen LogP contribution in [0, 0.1) is 27.7 Å². The summed E-state index contributed by atoms with van der Waals surface area (Å²) in [4.78, 5) is 23.9. The average Bonchev–Trinajstić information content (AvgIpc) is 2.88. The Bertz CT molecular complexity index is 877. The lowest BCUT2D eigenvalue weighted by molar-refractivity contribution is 0.0958. The second-order valence-corrected chi connectivity index (χ2v) is 5.78. The summed E-state index contributed by atoms with van der Waals surface area (Å²) in [5, 5.41) is 1.04. The zero-order valence-electron chi connectivity index (χ0n) is 13.6. The number of anilines is 1. The molecule has 0 aliphatic carbocycles. The largest absolute Gasteiger partial charge is 0.350 e. The highest BCUT2D eigenvalue weighted by Gasteiger charge is 2.11. The fourth-order valence-corrected chi connectivity index (χ4v) is 2.68. The van der Waals surface area contributed by atoms with Gasteiger partial charge in [-0.25, -0.2) is 9.97 Å². The van der Waals surface area contributed by atoms with Gasteiger partial charge in [0, 0.05) is 22.3 Å². The lowest BCUT2D eigenvalue weighted by Crippen LogP contribution is -2.30. The summed E-state index contributed by atoms with van der Waals surface area (Å²) >= 11 is 0. The van der Waals surface area contributed by atoms with E-state index in [-0.39, 0.29) is 5.91 Å². The molecular weight excluding hydrogens is 290 g/mol. The number of carbonyl (C=O) groups is 1. The van der Waals surface area contributed by atoms with Gasteiger partial charge in [0.15, 0.2) is 0 Å². The smallest absolute Gasteiger partial charge is 0.286 e. The fraction of sp³-hybridized carbons (Fsp3) is 0.235.